The molecule has 1 aromatic heterocycles. The number of carbonyl (C=O) groups is 2. The maximum absolute atomic E-state index is 12.7. The number of benzene rings is 1. The number of carbonyl (C=O) groups excluding carboxylic acids is 2. The van der Waals surface area contributed by atoms with Gasteiger partial charge in [0.05, 0.1) is 6.42 Å². The summed E-state index contributed by atoms with van der Waals surface area (Å²) in [4.78, 5) is 38.1. The number of amides is 2. The number of piperazine rings is 2. The molecule has 0 spiro atoms. The molecule has 0 atom stereocenters. The molecule has 0 bridgehead atoms. The van der Waals surface area contributed by atoms with E-state index in [-0.39, 0.29) is 11.8 Å². The van der Waals surface area contributed by atoms with Gasteiger partial charge in [0.2, 0.25) is 11.8 Å². The average molecular weight is 456 g/mol. The summed E-state index contributed by atoms with van der Waals surface area (Å²) in [7, 11) is 0. The summed E-state index contributed by atoms with van der Waals surface area (Å²) >= 11 is 6.18. The fraction of sp³-hybridized carbons (Fsp3) is 0.458. The molecule has 170 valence electrons. The lowest BCUT2D eigenvalue weighted by molar-refractivity contribution is -0.134. The van der Waals surface area contributed by atoms with E-state index in [0.29, 0.717) is 31.0 Å². The van der Waals surface area contributed by atoms with Crippen molar-refractivity contribution in [1.82, 2.24) is 19.7 Å². The molecule has 0 saturated carbocycles. The van der Waals surface area contributed by atoms with Gasteiger partial charge in [0.25, 0.3) is 0 Å². The van der Waals surface area contributed by atoms with Crippen LogP contribution in [0.4, 0.5) is 5.82 Å². The van der Waals surface area contributed by atoms with Crippen LogP contribution in [0.1, 0.15) is 12.0 Å². The smallest absolute Gasteiger partial charge is 0.227 e. The molecule has 0 N–H and O–H groups in total. The Bertz CT molecular complexity index is 910. The minimum atomic E-state index is 0.111. The minimum Gasteiger partial charge on any atom is -0.353 e. The van der Waals surface area contributed by atoms with E-state index < -0.39 is 0 Å². The van der Waals surface area contributed by atoms with Gasteiger partial charge in [-0.3, -0.25) is 14.5 Å². The van der Waals surface area contributed by atoms with Crippen molar-refractivity contribution in [3.05, 3.63) is 59.2 Å². The van der Waals surface area contributed by atoms with Crippen molar-refractivity contribution in [3.8, 4) is 0 Å². The largest absolute Gasteiger partial charge is 0.353 e. The zero-order valence-corrected chi connectivity index (χ0v) is 19.1. The summed E-state index contributed by atoms with van der Waals surface area (Å²) in [5.74, 6) is 1.30. The standard InChI is InChI=1S/C24H30ClN5O2/c25-21-6-2-1-5-20(21)19-24(32)30-13-11-27(12-14-30)10-8-23(31)29-17-15-28(16-18-29)22-7-3-4-9-26-22/h1-7,9H,8,10-19H2. The molecule has 1 aromatic carbocycles. The molecule has 2 aliphatic heterocycles. The molecule has 0 aliphatic carbocycles. The predicted molar refractivity (Wildman–Crippen MR) is 126 cm³/mol. The van der Waals surface area contributed by atoms with Crippen molar-refractivity contribution in [2.75, 3.05) is 63.8 Å². The van der Waals surface area contributed by atoms with Crippen LogP contribution in [0.25, 0.3) is 0 Å². The second-order valence-corrected chi connectivity index (χ2v) is 8.70. The monoisotopic (exact) mass is 455 g/mol. The number of rotatable bonds is 6. The van der Waals surface area contributed by atoms with Gasteiger partial charge in [0, 0.05) is 76.5 Å². The molecule has 32 heavy (non-hydrogen) atoms. The van der Waals surface area contributed by atoms with Crippen molar-refractivity contribution in [2.24, 2.45) is 0 Å². The first kappa shape index (κ1) is 22.6. The molecule has 2 saturated heterocycles. The molecule has 4 rings (SSSR count). The number of nitrogens with zero attached hydrogens (tertiary/aromatic N) is 5. The Labute approximate surface area is 194 Å². The summed E-state index contributed by atoms with van der Waals surface area (Å²) in [5, 5.41) is 0.638. The van der Waals surface area contributed by atoms with Gasteiger partial charge in [-0.1, -0.05) is 35.9 Å². The Kier molecular flexibility index (Phi) is 7.60. The van der Waals surface area contributed by atoms with Crippen LogP contribution in [-0.4, -0.2) is 90.4 Å². The van der Waals surface area contributed by atoms with Gasteiger partial charge in [-0.25, -0.2) is 4.98 Å². The van der Waals surface area contributed by atoms with Crippen LogP contribution in [-0.2, 0) is 16.0 Å². The fourth-order valence-electron chi connectivity index (χ4n) is 4.27. The second kappa shape index (κ2) is 10.8. The first-order chi connectivity index (χ1) is 15.6. The molecule has 2 amide bonds. The Morgan fingerprint density at radius 2 is 1.47 bits per heavy atom. The van der Waals surface area contributed by atoms with E-state index in [0.717, 1.165) is 57.2 Å². The van der Waals surface area contributed by atoms with Crippen LogP contribution in [0.15, 0.2) is 48.7 Å². The SMILES string of the molecule is O=C(CCN1CCN(C(=O)Cc2ccccc2Cl)CC1)N1CCN(c2ccccn2)CC1. The van der Waals surface area contributed by atoms with Crippen molar-refractivity contribution in [2.45, 2.75) is 12.8 Å². The highest BCUT2D eigenvalue weighted by Crippen LogP contribution is 2.17. The van der Waals surface area contributed by atoms with Gasteiger partial charge < -0.3 is 14.7 Å². The number of hydrogen-bond donors (Lipinski definition) is 0. The number of anilines is 1. The van der Waals surface area contributed by atoms with Crippen molar-refractivity contribution >= 4 is 29.2 Å². The van der Waals surface area contributed by atoms with E-state index in [1.165, 1.54) is 0 Å². The summed E-state index contributed by atoms with van der Waals surface area (Å²) in [6.45, 7) is 6.83. The highest BCUT2D eigenvalue weighted by Gasteiger charge is 2.24. The zero-order valence-electron chi connectivity index (χ0n) is 18.3. The van der Waals surface area contributed by atoms with E-state index in [4.69, 9.17) is 11.6 Å². The Hall–Kier alpha value is -2.64. The van der Waals surface area contributed by atoms with Gasteiger partial charge in [-0.15, -0.1) is 0 Å². The molecule has 3 heterocycles. The summed E-state index contributed by atoms with van der Waals surface area (Å²) in [6, 6.07) is 13.4. The predicted octanol–water partition coefficient (Wildman–Crippen LogP) is 2.16. The third-order valence-electron chi connectivity index (χ3n) is 6.27. The summed E-state index contributed by atoms with van der Waals surface area (Å²) < 4.78 is 0. The van der Waals surface area contributed by atoms with E-state index in [1.807, 2.05) is 52.3 Å². The number of aromatic nitrogens is 1. The second-order valence-electron chi connectivity index (χ2n) is 8.30. The molecule has 2 aromatic rings. The van der Waals surface area contributed by atoms with Gasteiger partial charge in [-0.2, -0.15) is 0 Å². The lowest BCUT2D eigenvalue weighted by Gasteiger charge is -2.37. The van der Waals surface area contributed by atoms with E-state index in [1.54, 1.807) is 6.20 Å². The molecule has 2 aliphatic rings. The molecule has 7 nitrogen and oxygen atoms in total. The number of halogens is 1. The topological polar surface area (TPSA) is 60.0 Å². The zero-order chi connectivity index (χ0) is 22.3. The Balaban J connectivity index is 1.16. The third-order valence-corrected chi connectivity index (χ3v) is 6.64. The fourth-order valence-corrected chi connectivity index (χ4v) is 4.48. The maximum Gasteiger partial charge on any atom is 0.227 e. The first-order valence-electron chi connectivity index (χ1n) is 11.3. The van der Waals surface area contributed by atoms with Crippen LogP contribution in [0.5, 0.6) is 0 Å². The molecule has 0 unspecified atom stereocenters. The Morgan fingerprint density at radius 3 is 2.16 bits per heavy atom. The molecule has 0 radical (unpaired) electrons. The van der Waals surface area contributed by atoms with E-state index in [9.17, 15) is 9.59 Å². The highest BCUT2D eigenvalue weighted by molar-refractivity contribution is 6.31. The average Bonchev–Trinajstić information content (AvgIpc) is 2.85. The Morgan fingerprint density at radius 1 is 0.812 bits per heavy atom. The minimum absolute atomic E-state index is 0.111. The van der Waals surface area contributed by atoms with Crippen LogP contribution in [0.2, 0.25) is 5.02 Å². The number of hydrogen-bond acceptors (Lipinski definition) is 5. The van der Waals surface area contributed by atoms with Crippen LogP contribution in [0, 0.1) is 0 Å². The molecular weight excluding hydrogens is 426 g/mol. The lowest BCUT2D eigenvalue weighted by atomic mass is 10.1. The highest BCUT2D eigenvalue weighted by atomic mass is 35.5. The van der Waals surface area contributed by atoms with Gasteiger partial charge in [0.15, 0.2) is 0 Å². The van der Waals surface area contributed by atoms with Crippen LogP contribution in [0.3, 0.4) is 0 Å². The maximum atomic E-state index is 12.7. The van der Waals surface area contributed by atoms with Crippen LogP contribution < -0.4 is 4.90 Å². The van der Waals surface area contributed by atoms with E-state index >= 15 is 0 Å². The molecular formula is C24H30ClN5O2. The van der Waals surface area contributed by atoms with Gasteiger partial charge in [0.1, 0.15) is 5.82 Å². The first-order valence-corrected chi connectivity index (χ1v) is 11.7. The van der Waals surface area contributed by atoms with Gasteiger partial charge in [-0.05, 0) is 23.8 Å². The third kappa shape index (κ3) is 5.78. The van der Waals surface area contributed by atoms with Crippen molar-refractivity contribution in [3.63, 3.8) is 0 Å². The normalized spacial score (nSPS) is 17.5. The van der Waals surface area contributed by atoms with Gasteiger partial charge >= 0.3 is 0 Å². The lowest BCUT2D eigenvalue weighted by Crippen LogP contribution is -2.51. The van der Waals surface area contributed by atoms with Crippen molar-refractivity contribution < 1.29 is 9.59 Å². The van der Waals surface area contributed by atoms with E-state index in [2.05, 4.69) is 14.8 Å². The quantitative estimate of drug-likeness (QED) is 0.668. The molecule has 8 heteroatoms. The number of pyridine rings is 1. The van der Waals surface area contributed by atoms with Crippen molar-refractivity contribution in [1.29, 1.82) is 0 Å². The van der Waals surface area contributed by atoms with Crippen LogP contribution >= 0.6 is 11.6 Å². The molecule has 2 fully saturated rings. The summed E-state index contributed by atoms with van der Waals surface area (Å²) in [6.07, 6.45) is 2.66. The summed E-state index contributed by atoms with van der Waals surface area (Å²) in [5.41, 5.74) is 0.871.